The highest BCUT2D eigenvalue weighted by Crippen LogP contribution is 2.26. The van der Waals surface area contributed by atoms with Gasteiger partial charge in [0.2, 0.25) is 5.91 Å². The molecule has 0 aliphatic rings. The topological polar surface area (TPSA) is 84.2 Å². The van der Waals surface area contributed by atoms with E-state index in [9.17, 15) is 14.0 Å². The quantitative estimate of drug-likeness (QED) is 0.653. The number of rotatable bonds is 8. The molecule has 4 N–H and O–H groups in total. The second-order valence-electron chi connectivity index (χ2n) is 7.59. The van der Waals surface area contributed by atoms with E-state index in [-0.39, 0.29) is 22.9 Å². The van der Waals surface area contributed by atoms with Gasteiger partial charge in [0, 0.05) is 26.1 Å². The second kappa shape index (κ2) is 9.46. The second-order valence-corrected chi connectivity index (χ2v) is 7.59. The molecule has 0 radical (unpaired) electrons. The Kier molecular flexibility index (Phi) is 7.29. The lowest BCUT2D eigenvalue weighted by Gasteiger charge is -2.25. The Balaban J connectivity index is 1.86. The fourth-order valence-electron chi connectivity index (χ4n) is 3.08. The summed E-state index contributed by atoms with van der Waals surface area (Å²) in [7, 11) is 1.45. The van der Waals surface area contributed by atoms with Gasteiger partial charge in [-0.05, 0) is 35.1 Å². The lowest BCUT2D eigenvalue weighted by Crippen LogP contribution is -2.40. The molecule has 2 aromatic rings. The van der Waals surface area contributed by atoms with E-state index in [0.29, 0.717) is 24.9 Å². The average Bonchev–Trinajstić information content (AvgIpc) is 2.66. The number of nitrogens with one attached hydrogen (secondary N) is 2. The largest absolute Gasteiger partial charge is 0.355 e. The van der Waals surface area contributed by atoms with Crippen molar-refractivity contribution in [3.05, 3.63) is 71.0 Å². The number of benzene rings is 2. The first-order valence-electron chi connectivity index (χ1n) is 9.31. The van der Waals surface area contributed by atoms with E-state index in [1.165, 1.54) is 19.2 Å². The zero-order valence-electron chi connectivity index (χ0n) is 16.6. The van der Waals surface area contributed by atoms with Crippen LogP contribution in [0.15, 0.2) is 48.5 Å². The Morgan fingerprint density at radius 1 is 1.14 bits per heavy atom. The molecule has 2 amide bonds. The molecule has 6 heteroatoms. The molecular weight excluding hydrogens is 357 g/mol. The van der Waals surface area contributed by atoms with Crippen LogP contribution in [0, 0.1) is 5.82 Å². The van der Waals surface area contributed by atoms with E-state index in [2.05, 4.69) is 10.6 Å². The minimum absolute atomic E-state index is 0.00346. The molecule has 0 saturated carbocycles. The van der Waals surface area contributed by atoms with E-state index >= 15 is 0 Å². The molecule has 2 aromatic carbocycles. The molecule has 5 nitrogen and oxygen atoms in total. The number of hydrogen-bond donors (Lipinski definition) is 3. The standard InChI is InChI=1S/C22H28FN3O2/c1-22(2,16-7-5-4-6-8-16)13-20(27)26-14-17(24)11-15-9-10-18(19(23)12-15)21(28)25-3/h4-10,12,17H,11,13-14,24H2,1-3H3,(H,25,28)(H,26,27)/t17-/m0/s1. The highest BCUT2D eigenvalue weighted by atomic mass is 19.1. The van der Waals surface area contributed by atoms with Gasteiger partial charge in [-0.2, -0.15) is 0 Å². The smallest absolute Gasteiger partial charge is 0.253 e. The molecule has 0 unspecified atom stereocenters. The third kappa shape index (κ3) is 5.89. The first-order valence-corrected chi connectivity index (χ1v) is 9.31. The van der Waals surface area contributed by atoms with Crippen LogP contribution < -0.4 is 16.4 Å². The number of carbonyl (C=O) groups is 2. The van der Waals surface area contributed by atoms with Gasteiger partial charge >= 0.3 is 0 Å². The predicted molar refractivity (Wildman–Crippen MR) is 109 cm³/mol. The summed E-state index contributed by atoms with van der Waals surface area (Å²) in [6, 6.07) is 14.0. The van der Waals surface area contributed by atoms with Crippen molar-refractivity contribution in [1.29, 1.82) is 0 Å². The molecule has 0 spiro atoms. The van der Waals surface area contributed by atoms with Crippen LogP contribution in [0.25, 0.3) is 0 Å². The van der Waals surface area contributed by atoms with Gasteiger partial charge in [-0.15, -0.1) is 0 Å². The molecular formula is C22H28FN3O2. The van der Waals surface area contributed by atoms with Gasteiger partial charge in [-0.3, -0.25) is 9.59 Å². The first kappa shape index (κ1) is 21.6. The van der Waals surface area contributed by atoms with Crippen LogP contribution >= 0.6 is 0 Å². The maximum atomic E-state index is 14.0. The van der Waals surface area contributed by atoms with E-state index in [4.69, 9.17) is 5.73 Å². The molecule has 0 aliphatic carbocycles. The molecule has 2 rings (SSSR count). The third-order valence-corrected chi connectivity index (χ3v) is 4.72. The van der Waals surface area contributed by atoms with Crippen molar-refractivity contribution in [2.45, 2.75) is 38.1 Å². The first-order chi connectivity index (χ1) is 13.2. The fraction of sp³-hybridized carbons (Fsp3) is 0.364. The SMILES string of the molecule is CNC(=O)c1ccc(C[C@H](N)CNC(=O)CC(C)(C)c2ccccc2)cc1F. The van der Waals surface area contributed by atoms with E-state index < -0.39 is 11.7 Å². The van der Waals surface area contributed by atoms with Gasteiger partial charge in [0.25, 0.3) is 5.91 Å². The summed E-state index contributed by atoms with van der Waals surface area (Å²) >= 11 is 0. The number of nitrogens with two attached hydrogens (primary N) is 1. The summed E-state index contributed by atoms with van der Waals surface area (Å²) in [6.45, 7) is 4.35. The molecule has 0 fully saturated rings. The van der Waals surface area contributed by atoms with Crippen molar-refractivity contribution < 1.29 is 14.0 Å². The van der Waals surface area contributed by atoms with Crippen LogP contribution in [0.1, 0.15) is 41.8 Å². The predicted octanol–water partition coefficient (Wildman–Crippen LogP) is 2.54. The summed E-state index contributed by atoms with van der Waals surface area (Å²) in [5, 5.41) is 5.25. The lowest BCUT2D eigenvalue weighted by molar-refractivity contribution is -0.122. The molecule has 28 heavy (non-hydrogen) atoms. The molecule has 0 saturated heterocycles. The van der Waals surface area contributed by atoms with Crippen LogP contribution in [0.2, 0.25) is 0 Å². The van der Waals surface area contributed by atoms with Crippen molar-refractivity contribution in [2.24, 2.45) is 5.73 Å². The Bertz CT molecular complexity index is 822. The molecule has 1 atom stereocenters. The minimum atomic E-state index is -0.585. The maximum Gasteiger partial charge on any atom is 0.253 e. The number of halogens is 1. The molecule has 0 aliphatic heterocycles. The molecule has 0 heterocycles. The normalized spacial score (nSPS) is 12.3. The summed E-state index contributed by atoms with van der Waals surface area (Å²) in [6.07, 6.45) is 0.743. The van der Waals surface area contributed by atoms with Gasteiger partial charge in [-0.1, -0.05) is 50.2 Å². The Morgan fingerprint density at radius 2 is 1.82 bits per heavy atom. The molecule has 150 valence electrons. The van der Waals surface area contributed by atoms with E-state index in [1.54, 1.807) is 6.07 Å². The Labute approximate surface area is 165 Å². The highest BCUT2D eigenvalue weighted by molar-refractivity contribution is 5.94. The van der Waals surface area contributed by atoms with Crippen molar-refractivity contribution >= 4 is 11.8 Å². The van der Waals surface area contributed by atoms with E-state index in [1.807, 2.05) is 44.2 Å². The van der Waals surface area contributed by atoms with E-state index in [0.717, 1.165) is 5.56 Å². The number of hydrogen-bond acceptors (Lipinski definition) is 3. The maximum absolute atomic E-state index is 14.0. The third-order valence-electron chi connectivity index (χ3n) is 4.72. The van der Waals surface area contributed by atoms with Gasteiger partial charge in [0.1, 0.15) is 5.82 Å². The highest BCUT2D eigenvalue weighted by Gasteiger charge is 2.24. The van der Waals surface area contributed by atoms with Crippen molar-refractivity contribution in [1.82, 2.24) is 10.6 Å². The van der Waals surface area contributed by atoms with Crippen molar-refractivity contribution in [3.8, 4) is 0 Å². The zero-order chi connectivity index (χ0) is 20.7. The summed E-state index contributed by atoms with van der Waals surface area (Å²) in [5.41, 5.74) is 7.58. The zero-order valence-corrected chi connectivity index (χ0v) is 16.6. The molecule has 0 aromatic heterocycles. The van der Waals surface area contributed by atoms with Gasteiger partial charge in [0.05, 0.1) is 5.56 Å². The van der Waals surface area contributed by atoms with Crippen LogP contribution in [0.3, 0.4) is 0 Å². The number of carbonyl (C=O) groups excluding carboxylic acids is 2. The van der Waals surface area contributed by atoms with Crippen molar-refractivity contribution in [3.63, 3.8) is 0 Å². The molecule has 0 bridgehead atoms. The fourth-order valence-corrected chi connectivity index (χ4v) is 3.08. The lowest BCUT2D eigenvalue weighted by atomic mass is 9.81. The Hall–Kier alpha value is -2.73. The summed E-state index contributed by atoms with van der Waals surface area (Å²) in [4.78, 5) is 23.9. The summed E-state index contributed by atoms with van der Waals surface area (Å²) in [5.74, 6) is -1.13. The summed E-state index contributed by atoms with van der Waals surface area (Å²) < 4.78 is 14.0. The monoisotopic (exact) mass is 385 g/mol. The Morgan fingerprint density at radius 3 is 2.43 bits per heavy atom. The minimum Gasteiger partial charge on any atom is -0.355 e. The number of amides is 2. The van der Waals surface area contributed by atoms with Crippen LogP contribution in [0.5, 0.6) is 0 Å². The van der Waals surface area contributed by atoms with Gasteiger partial charge in [-0.25, -0.2) is 4.39 Å². The van der Waals surface area contributed by atoms with Gasteiger partial charge in [0.15, 0.2) is 0 Å². The van der Waals surface area contributed by atoms with Crippen LogP contribution in [-0.2, 0) is 16.6 Å². The van der Waals surface area contributed by atoms with Crippen LogP contribution in [-0.4, -0.2) is 31.4 Å². The van der Waals surface area contributed by atoms with Gasteiger partial charge < -0.3 is 16.4 Å². The average molecular weight is 385 g/mol. The van der Waals surface area contributed by atoms with Crippen LogP contribution in [0.4, 0.5) is 4.39 Å². The van der Waals surface area contributed by atoms with Crippen molar-refractivity contribution in [2.75, 3.05) is 13.6 Å².